The van der Waals surface area contributed by atoms with Gasteiger partial charge in [-0.2, -0.15) is 0 Å². The maximum atomic E-state index is 12.3. The van der Waals surface area contributed by atoms with Crippen LogP contribution in [0.15, 0.2) is 23.1 Å². The van der Waals surface area contributed by atoms with Crippen LogP contribution >= 0.6 is 24.0 Å². The largest absolute Gasteiger partial charge is 0.493 e. The summed E-state index contributed by atoms with van der Waals surface area (Å²) in [7, 11) is 1.60. The predicted octanol–water partition coefficient (Wildman–Crippen LogP) is 3.71. The Kier molecular flexibility index (Phi) is 5.85. The van der Waals surface area contributed by atoms with Gasteiger partial charge in [-0.1, -0.05) is 37.0 Å². The number of carbonyl (C=O) groups excluding carboxylic acids is 1. The third-order valence-electron chi connectivity index (χ3n) is 3.11. The lowest BCUT2D eigenvalue weighted by atomic mass is 10.2. The second-order valence-electron chi connectivity index (χ2n) is 4.68. The molecule has 0 atom stereocenters. The van der Waals surface area contributed by atoms with Crippen molar-refractivity contribution < 1.29 is 14.3 Å². The number of hydrogen-bond acceptors (Lipinski definition) is 5. The summed E-state index contributed by atoms with van der Waals surface area (Å²) in [6.07, 6.45) is 2.73. The van der Waals surface area contributed by atoms with Gasteiger partial charge in [0.2, 0.25) is 0 Å². The molecule has 0 aromatic heterocycles. The van der Waals surface area contributed by atoms with Gasteiger partial charge in [0.15, 0.2) is 11.5 Å². The first kappa shape index (κ1) is 16.8. The lowest BCUT2D eigenvalue weighted by Gasteiger charge is -2.12. The van der Waals surface area contributed by atoms with Crippen LogP contribution in [0.3, 0.4) is 0 Å². The zero-order valence-corrected chi connectivity index (χ0v) is 14.6. The van der Waals surface area contributed by atoms with Gasteiger partial charge in [0.25, 0.3) is 5.91 Å². The average Bonchev–Trinajstić information content (AvgIpc) is 2.76. The summed E-state index contributed by atoms with van der Waals surface area (Å²) < 4.78 is 11.4. The molecule has 118 valence electrons. The first-order valence-electron chi connectivity index (χ1n) is 7.16. The van der Waals surface area contributed by atoms with Gasteiger partial charge >= 0.3 is 0 Å². The van der Waals surface area contributed by atoms with Gasteiger partial charge < -0.3 is 9.47 Å². The minimum atomic E-state index is -0.0226. The number of benzene rings is 1. The highest BCUT2D eigenvalue weighted by Crippen LogP contribution is 2.34. The molecule has 0 unspecified atom stereocenters. The van der Waals surface area contributed by atoms with Gasteiger partial charge in [-0.3, -0.25) is 9.69 Å². The molecule has 1 amide bonds. The van der Waals surface area contributed by atoms with Crippen molar-refractivity contribution in [3.8, 4) is 11.5 Å². The highest BCUT2D eigenvalue weighted by atomic mass is 32.2. The SMILES string of the molecule is CCCN1C(=O)/C(=C/c2ccc(OC)c(OCC)c2)SC1=S. The molecule has 22 heavy (non-hydrogen) atoms. The predicted molar refractivity (Wildman–Crippen MR) is 94.3 cm³/mol. The van der Waals surface area contributed by atoms with Crippen molar-refractivity contribution in [1.82, 2.24) is 4.90 Å². The highest BCUT2D eigenvalue weighted by molar-refractivity contribution is 8.26. The molecule has 1 saturated heterocycles. The smallest absolute Gasteiger partial charge is 0.266 e. The number of hydrogen-bond donors (Lipinski definition) is 0. The van der Waals surface area contributed by atoms with Gasteiger partial charge in [-0.25, -0.2) is 0 Å². The number of ether oxygens (including phenoxy) is 2. The Labute approximate surface area is 140 Å². The van der Waals surface area contributed by atoms with Crippen LogP contribution in [0.1, 0.15) is 25.8 Å². The summed E-state index contributed by atoms with van der Waals surface area (Å²) in [6, 6.07) is 5.60. The van der Waals surface area contributed by atoms with E-state index in [2.05, 4.69) is 0 Å². The van der Waals surface area contributed by atoms with Gasteiger partial charge in [-0.15, -0.1) is 0 Å². The Hall–Kier alpha value is -1.53. The Morgan fingerprint density at radius 1 is 1.32 bits per heavy atom. The van der Waals surface area contributed by atoms with Crippen molar-refractivity contribution in [1.29, 1.82) is 0 Å². The molecule has 6 heteroatoms. The number of thioether (sulfide) groups is 1. The number of carbonyl (C=O) groups is 1. The molecule has 1 aliphatic rings. The maximum Gasteiger partial charge on any atom is 0.266 e. The van der Waals surface area contributed by atoms with E-state index < -0.39 is 0 Å². The molecular weight excluding hydrogens is 318 g/mol. The quantitative estimate of drug-likeness (QED) is 0.584. The topological polar surface area (TPSA) is 38.8 Å². The molecule has 0 saturated carbocycles. The van der Waals surface area contributed by atoms with Crippen LogP contribution in [0, 0.1) is 0 Å². The number of methoxy groups -OCH3 is 1. The molecule has 2 rings (SSSR count). The fourth-order valence-electron chi connectivity index (χ4n) is 2.12. The number of nitrogens with zero attached hydrogens (tertiary/aromatic N) is 1. The first-order valence-corrected chi connectivity index (χ1v) is 8.39. The van der Waals surface area contributed by atoms with Gasteiger partial charge in [0.05, 0.1) is 18.6 Å². The van der Waals surface area contributed by atoms with Crippen molar-refractivity contribution in [2.75, 3.05) is 20.3 Å². The lowest BCUT2D eigenvalue weighted by molar-refractivity contribution is -0.122. The summed E-state index contributed by atoms with van der Waals surface area (Å²) >= 11 is 6.61. The zero-order valence-electron chi connectivity index (χ0n) is 12.9. The molecule has 0 spiro atoms. The molecular formula is C16H19NO3S2. The molecule has 0 radical (unpaired) electrons. The number of amides is 1. The third-order valence-corrected chi connectivity index (χ3v) is 4.48. The Morgan fingerprint density at radius 3 is 2.73 bits per heavy atom. The molecule has 0 N–H and O–H groups in total. The lowest BCUT2D eigenvalue weighted by Crippen LogP contribution is -2.28. The van der Waals surface area contributed by atoms with Crippen molar-refractivity contribution in [3.63, 3.8) is 0 Å². The normalized spacial score (nSPS) is 16.5. The third kappa shape index (κ3) is 3.62. The monoisotopic (exact) mass is 337 g/mol. The standard InChI is InChI=1S/C16H19NO3S2/c1-4-8-17-15(18)14(22-16(17)21)10-11-6-7-12(19-3)13(9-11)20-5-2/h6-7,9-10H,4-5,8H2,1-3H3/b14-10-. The molecule has 0 bridgehead atoms. The Balaban J connectivity index is 2.28. The van der Waals surface area contributed by atoms with E-state index in [4.69, 9.17) is 21.7 Å². The minimum Gasteiger partial charge on any atom is -0.493 e. The molecule has 4 nitrogen and oxygen atoms in total. The fraction of sp³-hybridized carbons (Fsp3) is 0.375. The fourth-order valence-corrected chi connectivity index (χ4v) is 3.43. The van der Waals surface area contributed by atoms with Gasteiger partial charge in [0.1, 0.15) is 4.32 Å². The van der Waals surface area contributed by atoms with Gasteiger partial charge in [-0.05, 0) is 37.1 Å². The van der Waals surface area contributed by atoms with Crippen LogP contribution in [0.4, 0.5) is 0 Å². The molecule has 1 aromatic rings. The van der Waals surface area contributed by atoms with E-state index >= 15 is 0 Å². The molecule has 1 aliphatic heterocycles. The van der Waals surface area contributed by atoms with E-state index in [0.717, 1.165) is 12.0 Å². The second-order valence-corrected chi connectivity index (χ2v) is 6.35. The summed E-state index contributed by atoms with van der Waals surface area (Å²) in [6.45, 7) is 5.16. The van der Waals surface area contributed by atoms with Crippen LogP contribution in [0.25, 0.3) is 6.08 Å². The minimum absolute atomic E-state index is 0.0226. The van der Waals surface area contributed by atoms with Crippen molar-refractivity contribution in [2.24, 2.45) is 0 Å². The van der Waals surface area contributed by atoms with Crippen LogP contribution in [0.2, 0.25) is 0 Å². The van der Waals surface area contributed by atoms with Crippen molar-refractivity contribution >= 4 is 40.3 Å². The molecule has 1 fully saturated rings. The van der Waals surface area contributed by atoms with Crippen molar-refractivity contribution in [2.45, 2.75) is 20.3 Å². The van der Waals surface area contributed by atoms with E-state index in [0.29, 0.717) is 33.9 Å². The first-order chi connectivity index (χ1) is 10.6. The molecule has 1 aromatic carbocycles. The van der Waals surface area contributed by atoms with E-state index in [1.807, 2.05) is 38.1 Å². The summed E-state index contributed by atoms with van der Waals surface area (Å²) in [5.74, 6) is 1.32. The van der Waals surface area contributed by atoms with Crippen molar-refractivity contribution in [3.05, 3.63) is 28.7 Å². The second kappa shape index (κ2) is 7.65. The van der Waals surface area contributed by atoms with Crippen LogP contribution in [-0.4, -0.2) is 35.4 Å². The Morgan fingerprint density at radius 2 is 2.09 bits per heavy atom. The summed E-state index contributed by atoms with van der Waals surface area (Å²) in [4.78, 5) is 14.6. The molecule has 0 aliphatic carbocycles. The Bertz CT molecular complexity index is 613. The van der Waals surface area contributed by atoms with E-state index in [1.54, 1.807) is 12.0 Å². The van der Waals surface area contributed by atoms with Crippen LogP contribution in [-0.2, 0) is 4.79 Å². The van der Waals surface area contributed by atoms with Crippen LogP contribution in [0.5, 0.6) is 11.5 Å². The summed E-state index contributed by atoms with van der Waals surface area (Å²) in [5, 5.41) is 0. The maximum absolute atomic E-state index is 12.3. The van der Waals surface area contributed by atoms with E-state index in [9.17, 15) is 4.79 Å². The summed E-state index contributed by atoms with van der Waals surface area (Å²) in [5.41, 5.74) is 0.890. The molecule has 1 heterocycles. The van der Waals surface area contributed by atoms with Gasteiger partial charge in [0, 0.05) is 6.54 Å². The van der Waals surface area contributed by atoms with E-state index in [1.165, 1.54) is 11.8 Å². The average molecular weight is 337 g/mol. The zero-order chi connectivity index (χ0) is 16.1. The highest BCUT2D eigenvalue weighted by Gasteiger charge is 2.31. The van der Waals surface area contributed by atoms with Crippen LogP contribution < -0.4 is 9.47 Å². The number of thiocarbonyl (C=S) groups is 1. The van der Waals surface area contributed by atoms with E-state index in [-0.39, 0.29) is 5.91 Å². The number of rotatable bonds is 6.